The first-order valence-electron chi connectivity index (χ1n) is 8.96. The fraction of sp³-hybridized carbons (Fsp3) is 0.350. The Kier molecular flexibility index (Phi) is 4.44. The maximum Gasteiger partial charge on any atom is 0.212 e. The first-order chi connectivity index (χ1) is 12.7. The van der Waals surface area contributed by atoms with Gasteiger partial charge in [0.05, 0.1) is 29.8 Å². The molecule has 4 rings (SSSR count). The van der Waals surface area contributed by atoms with E-state index in [9.17, 15) is 0 Å². The normalized spacial score (nSPS) is 16.5. The van der Waals surface area contributed by atoms with Crippen molar-refractivity contribution in [1.82, 2.24) is 20.5 Å². The fourth-order valence-electron chi connectivity index (χ4n) is 2.79. The molecule has 1 fully saturated rings. The van der Waals surface area contributed by atoms with Gasteiger partial charge in [0, 0.05) is 23.6 Å². The summed E-state index contributed by atoms with van der Waals surface area (Å²) in [6.07, 6.45) is 4.35. The highest BCUT2D eigenvalue weighted by atomic mass is 15.4. The maximum absolute atomic E-state index is 4.53. The molecular weight excluding hydrogens is 324 g/mol. The van der Waals surface area contributed by atoms with E-state index < -0.39 is 0 Å². The Bertz CT molecular complexity index is 919. The average molecular weight is 346 g/mol. The molecule has 0 atom stereocenters. The Hall–Kier alpha value is -3.07. The molecule has 6 heteroatoms. The molecule has 6 nitrogen and oxygen atoms in total. The second-order valence-electron chi connectivity index (χ2n) is 6.61. The number of hydrogen-bond acceptors (Lipinski definition) is 5. The maximum atomic E-state index is 4.53. The Morgan fingerprint density at radius 2 is 2.12 bits per heavy atom. The summed E-state index contributed by atoms with van der Waals surface area (Å²) in [5.41, 5.74) is 7.97. The summed E-state index contributed by atoms with van der Waals surface area (Å²) in [5.74, 6) is 7.87. The second kappa shape index (κ2) is 7.04. The zero-order valence-electron chi connectivity index (χ0n) is 15.1. The van der Waals surface area contributed by atoms with Crippen molar-refractivity contribution in [3.05, 3.63) is 47.3 Å². The summed E-state index contributed by atoms with van der Waals surface area (Å²) < 4.78 is 1.93. The average Bonchev–Trinajstić information content (AvgIpc) is 3.19. The van der Waals surface area contributed by atoms with E-state index in [1.54, 1.807) is 0 Å². The summed E-state index contributed by atoms with van der Waals surface area (Å²) in [6, 6.07) is 8.22. The van der Waals surface area contributed by atoms with Crippen molar-refractivity contribution in [1.29, 1.82) is 0 Å². The van der Waals surface area contributed by atoms with E-state index in [2.05, 4.69) is 62.0 Å². The summed E-state index contributed by atoms with van der Waals surface area (Å²) >= 11 is 0. The lowest BCUT2D eigenvalue weighted by atomic mass is 10.1. The Labute approximate surface area is 153 Å². The largest absolute Gasteiger partial charge is 0.353 e. The van der Waals surface area contributed by atoms with Crippen LogP contribution in [-0.2, 0) is 0 Å². The smallest absolute Gasteiger partial charge is 0.212 e. The molecular formula is C20H22N6. The molecule has 0 saturated heterocycles. The van der Waals surface area contributed by atoms with Gasteiger partial charge in [-0.3, -0.25) is 0 Å². The van der Waals surface area contributed by atoms with E-state index in [0.29, 0.717) is 5.92 Å². The van der Waals surface area contributed by atoms with Gasteiger partial charge in [-0.2, -0.15) is 10.2 Å². The Morgan fingerprint density at radius 3 is 2.81 bits per heavy atom. The van der Waals surface area contributed by atoms with Gasteiger partial charge in [-0.25, -0.2) is 15.1 Å². The first-order valence-corrected chi connectivity index (χ1v) is 8.96. The number of nitrogens with zero attached hydrogens (tertiary/aromatic N) is 4. The van der Waals surface area contributed by atoms with Crippen LogP contribution in [0.2, 0.25) is 0 Å². The molecule has 26 heavy (non-hydrogen) atoms. The highest BCUT2D eigenvalue weighted by molar-refractivity contribution is 6.00. The number of hydrazone groups is 1. The van der Waals surface area contributed by atoms with Gasteiger partial charge >= 0.3 is 0 Å². The van der Waals surface area contributed by atoms with Gasteiger partial charge in [-0.15, -0.1) is 0 Å². The molecule has 0 unspecified atom stereocenters. The number of nitrogens with one attached hydrogen (secondary N) is 2. The van der Waals surface area contributed by atoms with Crippen molar-refractivity contribution >= 4 is 11.7 Å². The van der Waals surface area contributed by atoms with Gasteiger partial charge < -0.3 is 5.32 Å². The van der Waals surface area contributed by atoms with Crippen LogP contribution in [0.5, 0.6) is 0 Å². The molecule has 0 spiro atoms. The standard InChI is InChI=1S/C20H22N6/c1-14(24-25-20-21-11-12-22-20)19-13-23-26(15(19)2)18-9-7-17(8-10-18)6-5-16-3-4-16/h7-10,13,16H,3-4,11-12H2,1-2H3,(H2,21,22,25)/b24-14+. The predicted molar refractivity (Wildman–Crippen MR) is 104 cm³/mol. The third-order valence-corrected chi connectivity index (χ3v) is 4.51. The van der Waals surface area contributed by atoms with E-state index in [0.717, 1.165) is 47.3 Å². The zero-order chi connectivity index (χ0) is 17.9. The van der Waals surface area contributed by atoms with E-state index in [1.807, 2.05) is 24.7 Å². The quantitative estimate of drug-likeness (QED) is 0.509. The Balaban J connectivity index is 1.51. The number of benzene rings is 1. The predicted octanol–water partition coefficient (Wildman–Crippen LogP) is 2.22. The van der Waals surface area contributed by atoms with Crippen LogP contribution in [0, 0.1) is 24.7 Å². The number of aliphatic imine (C=N–C) groups is 1. The number of guanidine groups is 1. The molecule has 2 N–H and O–H groups in total. The molecule has 2 aliphatic rings. The molecule has 132 valence electrons. The summed E-state index contributed by atoms with van der Waals surface area (Å²) in [7, 11) is 0. The third-order valence-electron chi connectivity index (χ3n) is 4.51. The van der Waals surface area contributed by atoms with Gasteiger partial charge in [-0.1, -0.05) is 11.8 Å². The molecule has 1 aromatic carbocycles. The summed E-state index contributed by atoms with van der Waals surface area (Å²) in [4.78, 5) is 4.27. The lowest BCUT2D eigenvalue weighted by Crippen LogP contribution is -2.30. The van der Waals surface area contributed by atoms with Gasteiger partial charge in [0.15, 0.2) is 0 Å². The molecule has 0 amide bonds. The molecule has 2 aromatic rings. The molecule has 0 radical (unpaired) electrons. The highest BCUT2D eigenvalue weighted by Crippen LogP contribution is 2.27. The van der Waals surface area contributed by atoms with Crippen LogP contribution in [0.4, 0.5) is 0 Å². The monoisotopic (exact) mass is 346 g/mol. The minimum absolute atomic E-state index is 0.617. The van der Waals surface area contributed by atoms with E-state index in [-0.39, 0.29) is 0 Å². The molecule has 2 heterocycles. The minimum atomic E-state index is 0.617. The molecule has 1 aromatic heterocycles. The number of hydrogen-bond donors (Lipinski definition) is 2. The van der Waals surface area contributed by atoms with Gasteiger partial charge in [0.2, 0.25) is 5.96 Å². The van der Waals surface area contributed by atoms with E-state index in [1.165, 1.54) is 12.8 Å². The van der Waals surface area contributed by atoms with Gasteiger partial charge in [0.25, 0.3) is 0 Å². The van der Waals surface area contributed by atoms with Crippen LogP contribution in [0.1, 0.15) is 36.6 Å². The van der Waals surface area contributed by atoms with Gasteiger partial charge in [0.1, 0.15) is 0 Å². The second-order valence-corrected chi connectivity index (χ2v) is 6.61. The van der Waals surface area contributed by atoms with Crippen molar-refractivity contribution in [3.63, 3.8) is 0 Å². The van der Waals surface area contributed by atoms with Crippen LogP contribution in [0.15, 0.2) is 40.6 Å². The van der Waals surface area contributed by atoms with Crippen LogP contribution < -0.4 is 10.7 Å². The van der Waals surface area contributed by atoms with Crippen LogP contribution >= 0.6 is 0 Å². The molecule has 1 saturated carbocycles. The highest BCUT2D eigenvalue weighted by Gasteiger charge is 2.17. The van der Waals surface area contributed by atoms with Crippen molar-refractivity contribution in [2.45, 2.75) is 26.7 Å². The van der Waals surface area contributed by atoms with Crippen LogP contribution in [0.25, 0.3) is 5.69 Å². The summed E-state index contributed by atoms with van der Waals surface area (Å²) in [5, 5.41) is 12.1. The van der Waals surface area contributed by atoms with Crippen molar-refractivity contribution < 1.29 is 0 Å². The third kappa shape index (κ3) is 3.62. The Morgan fingerprint density at radius 1 is 1.31 bits per heavy atom. The van der Waals surface area contributed by atoms with E-state index >= 15 is 0 Å². The lowest BCUT2D eigenvalue weighted by Gasteiger charge is -2.06. The van der Waals surface area contributed by atoms with Gasteiger partial charge in [-0.05, 0) is 51.0 Å². The summed E-state index contributed by atoms with van der Waals surface area (Å²) in [6.45, 7) is 5.66. The SMILES string of the molecule is C/C(=N\NC1=NCCN1)c1cnn(-c2ccc(C#CC3CC3)cc2)c1C. The molecule has 1 aliphatic carbocycles. The van der Waals surface area contributed by atoms with E-state index in [4.69, 9.17) is 0 Å². The number of rotatable bonds is 3. The minimum Gasteiger partial charge on any atom is -0.353 e. The fourth-order valence-corrected chi connectivity index (χ4v) is 2.79. The van der Waals surface area contributed by atoms with Crippen LogP contribution in [0.3, 0.4) is 0 Å². The molecule has 1 aliphatic heterocycles. The van der Waals surface area contributed by atoms with Crippen molar-refractivity contribution in [2.75, 3.05) is 13.1 Å². The lowest BCUT2D eigenvalue weighted by molar-refractivity contribution is 0.846. The van der Waals surface area contributed by atoms with Crippen molar-refractivity contribution in [2.24, 2.45) is 16.0 Å². The molecule has 0 bridgehead atoms. The van der Waals surface area contributed by atoms with Crippen LogP contribution in [-0.4, -0.2) is 34.5 Å². The first kappa shape index (κ1) is 16.4. The van der Waals surface area contributed by atoms with Crippen molar-refractivity contribution in [3.8, 4) is 17.5 Å². The zero-order valence-corrected chi connectivity index (χ0v) is 15.1. The number of aromatic nitrogens is 2. The topological polar surface area (TPSA) is 66.6 Å².